The molecule has 27 heavy (non-hydrogen) atoms. The molecule has 2 atom stereocenters. The summed E-state index contributed by atoms with van der Waals surface area (Å²) in [5.74, 6) is -0.835. The van der Waals surface area contributed by atoms with Crippen LogP contribution in [0.4, 0.5) is 5.69 Å². The van der Waals surface area contributed by atoms with Crippen LogP contribution in [0.3, 0.4) is 0 Å². The number of rotatable bonds is 4. The maximum absolute atomic E-state index is 12.6. The molecule has 1 fully saturated rings. The van der Waals surface area contributed by atoms with E-state index in [1.54, 1.807) is 30.3 Å². The van der Waals surface area contributed by atoms with E-state index in [-0.39, 0.29) is 18.3 Å². The summed E-state index contributed by atoms with van der Waals surface area (Å²) >= 11 is 0. The van der Waals surface area contributed by atoms with Crippen LogP contribution in [0.5, 0.6) is 11.5 Å². The highest BCUT2D eigenvalue weighted by atomic mass is 16.7. The quantitative estimate of drug-likeness (QED) is 0.650. The zero-order chi connectivity index (χ0) is 19.1. The minimum atomic E-state index is -1.05. The number of hydrogen-bond donors (Lipinski definition) is 1. The predicted octanol–water partition coefficient (Wildman–Crippen LogP) is 2.13. The number of carbonyl (C=O) groups is 3. The fourth-order valence-electron chi connectivity index (χ4n) is 3.23. The van der Waals surface area contributed by atoms with Gasteiger partial charge >= 0.3 is 11.9 Å². The van der Waals surface area contributed by atoms with Gasteiger partial charge in [-0.3, -0.25) is 14.5 Å². The Morgan fingerprint density at radius 1 is 1.11 bits per heavy atom. The summed E-state index contributed by atoms with van der Waals surface area (Å²) in [6.45, 7) is 1.37. The lowest BCUT2D eigenvalue weighted by Gasteiger charge is -2.46. The van der Waals surface area contributed by atoms with E-state index in [0.717, 1.165) is 0 Å². The first-order valence-corrected chi connectivity index (χ1v) is 8.19. The van der Waals surface area contributed by atoms with Crippen molar-refractivity contribution in [2.75, 3.05) is 11.7 Å². The molecule has 0 bridgehead atoms. The summed E-state index contributed by atoms with van der Waals surface area (Å²) in [5.41, 5.74) is 1.34. The minimum Gasteiger partial charge on any atom is -0.478 e. The molecule has 0 spiro atoms. The van der Waals surface area contributed by atoms with Gasteiger partial charge in [0.15, 0.2) is 11.5 Å². The lowest BCUT2D eigenvalue weighted by Crippen LogP contribution is -2.60. The molecule has 4 rings (SSSR count). The second-order valence-electron chi connectivity index (χ2n) is 6.15. The molecular formula is C19H15NO7. The summed E-state index contributed by atoms with van der Waals surface area (Å²) < 4.78 is 15.9. The number of ether oxygens (including phenoxy) is 3. The number of aromatic carboxylic acids is 1. The number of amides is 1. The molecule has 2 aliphatic rings. The van der Waals surface area contributed by atoms with Crippen LogP contribution < -0.4 is 14.4 Å². The van der Waals surface area contributed by atoms with Crippen LogP contribution in [0.15, 0.2) is 42.5 Å². The number of nitrogens with zero attached hydrogens (tertiary/aromatic N) is 1. The van der Waals surface area contributed by atoms with Crippen LogP contribution >= 0.6 is 0 Å². The highest BCUT2D eigenvalue weighted by Gasteiger charge is 2.51. The van der Waals surface area contributed by atoms with E-state index in [4.69, 9.17) is 19.3 Å². The van der Waals surface area contributed by atoms with E-state index in [9.17, 15) is 14.4 Å². The van der Waals surface area contributed by atoms with E-state index >= 15 is 0 Å². The first-order valence-electron chi connectivity index (χ1n) is 8.19. The molecule has 1 N–H and O–H groups in total. The normalized spacial score (nSPS) is 20.2. The molecule has 1 saturated heterocycles. The fourth-order valence-corrected chi connectivity index (χ4v) is 3.23. The van der Waals surface area contributed by atoms with Crippen molar-refractivity contribution >= 4 is 23.5 Å². The van der Waals surface area contributed by atoms with Crippen molar-refractivity contribution < 1.29 is 33.7 Å². The number of anilines is 1. The van der Waals surface area contributed by atoms with Gasteiger partial charge in [-0.1, -0.05) is 6.07 Å². The minimum absolute atomic E-state index is 0.114. The Labute approximate surface area is 153 Å². The van der Waals surface area contributed by atoms with Crippen molar-refractivity contribution in [3.8, 4) is 11.5 Å². The number of fused-ring (bicyclic) bond motifs is 1. The number of carboxylic acids is 1. The van der Waals surface area contributed by atoms with Crippen LogP contribution in [0.25, 0.3) is 0 Å². The van der Waals surface area contributed by atoms with Gasteiger partial charge < -0.3 is 19.3 Å². The van der Waals surface area contributed by atoms with E-state index < -0.39 is 24.1 Å². The lowest BCUT2D eigenvalue weighted by atomic mass is 9.89. The number of benzene rings is 2. The molecular weight excluding hydrogens is 354 g/mol. The standard InChI is InChI=1S/C19H15NO7/c1-10(21)27-17-16(12-4-7-14-15(8-12)26-9-25-14)20(18(17)22)13-5-2-11(3-6-13)19(23)24/h2-8,16-17H,9H2,1H3,(H,23,24)/t16-,17-/m0/s1. The van der Waals surface area contributed by atoms with Crippen LogP contribution in [0, 0.1) is 0 Å². The van der Waals surface area contributed by atoms with Gasteiger partial charge in [0.25, 0.3) is 5.91 Å². The first kappa shape index (κ1) is 16.9. The molecule has 2 aromatic rings. The molecule has 0 radical (unpaired) electrons. The second-order valence-corrected chi connectivity index (χ2v) is 6.15. The van der Waals surface area contributed by atoms with Gasteiger partial charge in [0.1, 0.15) is 6.04 Å². The van der Waals surface area contributed by atoms with Crippen molar-refractivity contribution in [2.24, 2.45) is 0 Å². The lowest BCUT2D eigenvalue weighted by molar-refractivity contribution is -0.160. The third-order valence-electron chi connectivity index (χ3n) is 4.47. The van der Waals surface area contributed by atoms with Crippen molar-refractivity contribution in [1.82, 2.24) is 0 Å². The number of hydrogen-bond acceptors (Lipinski definition) is 6. The fraction of sp³-hybridized carbons (Fsp3) is 0.211. The Bertz CT molecular complexity index is 938. The van der Waals surface area contributed by atoms with Gasteiger partial charge in [0, 0.05) is 12.6 Å². The van der Waals surface area contributed by atoms with E-state index in [1.165, 1.54) is 24.0 Å². The maximum Gasteiger partial charge on any atom is 0.335 e. The van der Waals surface area contributed by atoms with Crippen LogP contribution in [-0.2, 0) is 14.3 Å². The molecule has 2 heterocycles. The van der Waals surface area contributed by atoms with E-state index in [1.807, 2.05) is 0 Å². The average molecular weight is 369 g/mol. The third kappa shape index (κ3) is 2.84. The first-order chi connectivity index (χ1) is 13.0. The molecule has 8 nitrogen and oxygen atoms in total. The van der Waals surface area contributed by atoms with Gasteiger partial charge in [-0.05, 0) is 42.0 Å². The molecule has 1 amide bonds. The molecule has 8 heteroatoms. The smallest absolute Gasteiger partial charge is 0.335 e. The number of esters is 1. The number of carboxylic acid groups (broad SMARTS) is 1. The average Bonchev–Trinajstić information content (AvgIpc) is 3.11. The summed E-state index contributed by atoms with van der Waals surface area (Å²) in [6, 6.07) is 10.6. The Balaban J connectivity index is 1.70. The third-order valence-corrected chi connectivity index (χ3v) is 4.47. The molecule has 0 aliphatic carbocycles. The van der Waals surface area contributed by atoms with Gasteiger partial charge in [0.05, 0.1) is 5.56 Å². The molecule has 138 valence electrons. The summed E-state index contributed by atoms with van der Waals surface area (Å²) in [6.07, 6.45) is -0.956. The van der Waals surface area contributed by atoms with Crippen molar-refractivity contribution in [1.29, 1.82) is 0 Å². The van der Waals surface area contributed by atoms with E-state index in [2.05, 4.69) is 0 Å². The van der Waals surface area contributed by atoms with E-state index in [0.29, 0.717) is 22.7 Å². The van der Waals surface area contributed by atoms with Gasteiger partial charge in [-0.2, -0.15) is 0 Å². The van der Waals surface area contributed by atoms with Crippen LogP contribution in [0.2, 0.25) is 0 Å². The Kier molecular flexibility index (Phi) is 3.95. The summed E-state index contributed by atoms with van der Waals surface area (Å²) in [4.78, 5) is 36.5. The number of carbonyl (C=O) groups excluding carboxylic acids is 2. The molecule has 0 unspecified atom stereocenters. The van der Waals surface area contributed by atoms with Crippen molar-refractivity contribution in [3.63, 3.8) is 0 Å². The largest absolute Gasteiger partial charge is 0.478 e. The van der Waals surface area contributed by atoms with Crippen molar-refractivity contribution in [2.45, 2.75) is 19.1 Å². The van der Waals surface area contributed by atoms with Crippen LogP contribution in [0.1, 0.15) is 28.9 Å². The Hall–Kier alpha value is -3.55. The monoisotopic (exact) mass is 369 g/mol. The molecule has 2 aromatic carbocycles. The Morgan fingerprint density at radius 2 is 1.81 bits per heavy atom. The van der Waals surface area contributed by atoms with Gasteiger partial charge in [-0.25, -0.2) is 4.79 Å². The molecule has 0 aromatic heterocycles. The summed E-state index contributed by atoms with van der Waals surface area (Å²) in [7, 11) is 0. The topological polar surface area (TPSA) is 102 Å². The zero-order valence-corrected chi connectivity index (χ0v) is 14.2. The Morgan fingerprint density at radius 3 is 2.48 bits per heavy atom. The predicted molar refractivity (Wildman–Crippen MR) is 91.7 cm³/mol. The van der Waals surface area contributed by atoms with Crippen LogP contribution in [-0.4, -0.2) is 35.8 Å². The molecule has 0 saturated carbocycles. The highest BCUT2D eigenvalue weighted by molar-refractivity contribution is 6.06. The second kappa shape index (κ2) is 6.31. The number of β-lactam (4-membered cyclic amide) rings is 1. The highest BCUT2D eigenvalue weighted by Crippen LogP contribution is 2.44. The molecule has 2 aliphatic heterocycles. The van der Waals surface area contributed by atoms with Crippen molar-refractivity contribution in [3.05, 3.63) is 53.6 Å². The maximum atomic E-state index is 12.6. The SMILES string of the molecule is CC(=O)O[C@@H]1C(=O)N(c2ccc(C(=O)O)cc2)[C@H]1c1ccc2c(c1)OCO2. The zero-order valence-electron chi connectivity index (χ0n) is 14.2. The summed E-state index contributed by atoms with van der Waals surface area (Å²) in [5, 5.41) is 9.03. The van der Waals surface area contributed by atoms with Gasteiger partial charge in [-0.15, -0.1) is 0 Å². The van der Waals surface area contributed by atoms with Gasteiger partial charge in [0.2, 0.25) is 12.9 Å².